The fourth-order valence-corrected chi connectivity index (χ4v) is 4.13. The summed E-state index contributed by atoms with van der Waals surface area (Å²) in [5.41, 5.74) is 1.35. The predicted octanol–water partition coefficient (Wildman–Crippen LogP) is 5.95. The molecule has 0 aliphatic rings. The largest absolute Gasteiger partial charge is 0.144 e. The highest BCUT2D eigenvalue weighted by Crippen LogP contribution is 2.38. The molecule has 1 heterocycles. The Morgan fingerprint density at radius 2 is 1.79 bits per heavy atom. The fourth-order valence-electron chi connectivity index (χ4n) is 2.35. The van der Waals surface area contributed by atoms with Crippen molar-refractivity contribution in [1.29, 1.82) is 0 Å². The summed E-state index contributed by atoms with van der Waals surface area (Å²) in [6.07, 6.45) is 1.11. The van der Waals surface area contributed by atoms with Crippen molar-refractivity contribution in [2.24, 2.45) is 0 Å². The van der Waals surface area contributed by atoms with E-state index in [2.05, 4.69) is 77.5 Å². The highest BCUT2D eigenvalue weighted by molar-refractivity contribution is 9.09. The molecule has 0 spiro atoms. The van der Waals surface area contributed by atoms with Crippen molar-refractivity contribution < 1.29 is 0 Å². The average Bonchev–Trinajstić information content (AvgIpc) is 2.95. The standard InChI is InChI=1S/C17H15BrS/c1-2-13-10-11-16(19-13)17(18)15-9-5-7-12-6-3-4-8-14(12)15/h3-11,17H,2H2,1H3. The van der Waals surface area contributed by atoms with Gasteiger partial charge in [0.15, 0.2) is 0 Å². The monoisotopic (exact) mass is 330 g/mol. The molecule has 0 aliphatic heterocycles. The number of rotatable bonds is 3. The Morgan fingerprint density at radius 1 is 1.00 bits per heavy atom. The molecule has 1 atom stereocenters. The maximum atomic E-state index is 3.87. The molecule has 3 aromatic rings. The first-order valence-electron chi connectivity index (χ1n) is 6.50. The first kappa shape index (κ1) is 12.9. The summed E-state index contributed by atoms with van der Waals surface area (Å²) in [7, 11) is 0. The molecule has 96 valence electrons. The predicted molar refractivity (Wildman–Crippen MR) is 88.4 cm³/mol. The molecule has 0 aliphatic carbocycles. The molecule has 1 unspecified atom stereocenters. The third-order valence-electron chi connectivity index (χ3n) is 3.38. The molecule has 0 saturated heterocycles. The second-order valence-corrected chi connectivity index (χ2v) is 6.70. The van der Waals surface area contributed by atoms with Crippen LogP contribution in [0.25, 0.3) is 10.8 Å². The highest BCUT2D eigenvalue weighted by atomic mass is 79.9. The van der Waals surface area contributed by atoms with Crippen LogP contribution in [-0.2, 0) is 6.42 Å². The van der Waals surface area contributed by atoms with Crippen LogP contribution >= 0.6 is 27.3 Å². The summed E-state index contributed by atoms with van der Waals surface area (Å²) in [5.74, 6) is 0. The zero-order valence-electron chi connectivity index (χ0n) is 10.8. The van der Waals surface area contributed by atoms with Crippen molar-refractivity contribution in [3.63, 3.8) is 0 Å². The number of alkyl halides is 1. The summed E-state index contributed by atoms with van der Waals surface area (Å²) < 4.78 is 0. The third-order valence-corrected chi connectivity index (χ3v) is 5.96. The first-order valence-corrected chi connectivity index (χ1v) is 8.23. The van der Waals surface area contributed by atoms with Gasteiger partial charge >= 0.3 is 0 Å². The summed E-state index contributed by atoms with van der Waals surface area (Å²) in [4.78, 5) is 3.11. The van der Waals surface area contributed by atoms with Gasteiger partial charge in [-0.3, -0.25) is 0 Å². The molecule has 2 aromatic carbocycles. The maximum absolute atomic E-state index is 3.87. The van der Waals surface area contributed by atoms with E-state index in [9.17, 15) is 0 Å². The van der Waals surface area contributed by atoms with Crippen molar-refractivity contribution in [1.82, 2.24) is 0 Å². The molecule has 0 N–H and O–H groups in total. The normalized spacial score (nSPS) is 12.7. The fraction of sp³-hybridized carbons (Fsp3) is 0.176. The third kappa shape index (κ3) is 2.47. The van der Waals surface area contributed by atoms with Gasteiger partial charge in [0.05, 0.1) is 4.83 Å². The summed E-state index contributed by atoms with van der Waals surface area (Å²) in [6.45, 7) is 2.21. The quantitative estimate of drug-likeness (QED) is 0.520. The van der Waals surface area contributed by atoms with Gasteiger partial charge in [-0.05, 0) is 34.9 Å². The molecule has 1 aromatic heterocycles. The van der Waals surface area contributed by atoms with Gasteiger partial charge in [-0.15, -0.1) is 11.3 Å². The van der Waals surface area contributed by atoms with E-state index in [1.807, 2.05) is 11.3 Å². The maximum Gasteiger partial charge on any atom is 0.0744 e. The van der Waals surface area contributed by atoms with Crippen LogP contribution in [0.1, 0.15) is 27.1 Å². The number of aryl methyl sites for hydroxylation is 1. The van der Waals surface area contributed by atoms with Crippen molar-refractivity contribution in [2.75, 3.05) is 0 Å². The lowest BCUT2D eigenvalue weighted by atomic mass is 10.0. The zero-order valence-corrected chi connectivity index (χ0v) is 13.2. The molecule has 0 amide bonds. The van der Waals surface area contributed by atoms with E-state index in [4.69, 9.17) is 0 Å². The van der Waals surface area contributed by atoms with Gasteiger partial charge in [-0.2, -0.15) is 0 Å². The second kappa shape index (κ2) is 5.48. The number of thiophene rings is 1. The van der Waals surface area contributed by atoms with Gasteiger partial charge in [-0.25, -0.2) is 0 Å². The first-order chi connectivity index (χ1) is 9.29. The Balaban J connectivity index is 2.08. The van der Waals surface area contributed by atoms with Crippen LogP contribution in [0.4, 0.5) is 0 Å². The average molecular weight is 331 g/mol. The molecular weight excluding hydrogens is 316 g/mol. The van der Waals surface area contributed by atoms with Crippen LogP contribution in [0, 0.1) is 0 Å². The minimum absolute atomic E-state index is 0.281. The van der Waals surface area contributed by atoms with Gasteiger partial charge < -0.3 is 0 Å². The van der Waals surface area contributed by atoms with Gasteiger partial charge in [0.25, 0.3) is 0 Å². The summed E-state index contributed by atoms with van der Waals surface area (Å²) in [5, 5.41) is 2.63. The highest BCUT2D eigenvalue weighted by Gasteiger charge is 2.14. The Bertz CT molecular complexity index is 694. The SMILES string of the molecule is CCc1ccc(C(Br)c2cccc3ccccc23)s1. The van der Waals surface area contributed by atoms with Crippen LogP contribution in [-0.4, -0.2) is 0 Å². The van der Waals surface area contributed by atoms with Crippen LogP contribution in [0.3, 0.4) is 0 Å². The Hall–Kier alpha value is -1.12. The van der Waals surface area contributed by atoms with E-state index in [1.165, 1.54) is 26.1 Å². The van der Waals surface area contributed by atoms with Crippen molar-refractivity contribution in [2.45, 2.75) is 18.2 Å². The van der Waals surface area contributed by atoms with E-state index in [-0.39, 0.29) is 4.83 Å². The summed E-state index contributed by atoms with van der Waals surface area (Å²) >= 11 is 5.77. The molecule has 19 heavy (non-hydrogen) atoms. The van der Waals surface area contributed by atoms with Gasteiger partial charge in [0.2, 0.25) is 0 Å². The van der Waals surface area contributed by atoms with Crippen LogP contribution in [0.2, 0.25) is 0 Å². The lowest BCUT2D eigenvalue weighted by Gasteiger charge is -2.11. The van der Waals surface area contributed by atoms with E-state index < -0.39 is 0 Å². The van der Waals surface area contributed by atoms with Gasteiger partial charge in [0, 0.05) is 9.75 Å². The second-order valence-electron chi connectivity index (χ2n) is 4.59. The topological polar surface area (TPSA) is 0 Å². The van der Waals surface area contributed by atoms with Crippen LogP contribution in [0.15, 0.2) is 54.6 Å². The number of hydrogen-bond acceptors (Lipinski definition) is 1. The van der Waals surface area contributed by atoms with Crippen molar-refractivity contribution >= 4 is 38.0 Å². The lowest BCUT2D eigenvalue weighted by Crippen LogP contribution is -1.91. The molecule has 0 saturated carbocycles. The van der Waals surface area contributed by atoms with Crippen molar-refractivity contribution in [3.8, 4) is 0 Å². The van der Waals surface area contributed by atoms with Gasteiger partial charge in [-0.1, -0.05) is 65.3 Å². The number of hydrogen-bond donors (Lipinski definition) is 0. The Kier molecular flexibility index (Phi) is 3.72. The molecule has 0 fully saturated rings. The van der Waals surface area contributed by atoms with Gasteiger partial charge in [0.1, 0.15) is 0 Å². The molecule has 0 radical (unpaired) electrons. The zero-order chi connectivity index (χ0) is 13.2. The molecule has 2 heteroatoms. The number of halogens is 1. The number of fused-ring (bicyclic) bond motifs is 1. The van der Waals surface area contributed by atoms with E-state index >= 15 is 0 Å². The van der Waals surface area contributed by atoms with E-state index in [1.54, 1.807) is 0 Å². The Labute approximate surface area is 126 Å². The van der Waals surface area contributed by atoms with Crippen LogP contribution in [0.5, 0.6) is 0 Å². The summed E-state index contributed by atoms with van der Waals surface area (Å²) in [6, 6.07) is 19.6. The minimum Gasteiger partial charge on any atom is -0.144 e. The minimum atomic E-state index is 0.281. The van der Waals surface area contributed by atoms with Crippen molar-refractivity contribution in [3.05, 3.63) is 69.9 Å². The molecular formula is C17H15BrS. The molecule has 3 rings (SSSR count). The Morgan fingerprint density at radius 3 is 2.58 bits per heavy atom. The van der Waals surface area contributed by atoms with E-state index in [0.29, 0.717) is 0 Å². The van der Waals surface area contributed by atoms with E-state index in [0.717, 1.165) is 6.42 Å². The smallest absolute Gasteiger partial charge is 0.0744 e. The van der Waals surface area contributed by atoms with Crippen LogP contribution < -0.4 is 0 Å². The molecule has 0 nitrogen and oxygen atoms in total. The lowest BCUT2D eigenvalue weighted by molar-refractivity contribution is 1.19. The molecule has 0 bridgehead atoms. The number of benzene rings is 2.